The Labute approximate surface area is 119 Å². The molecule has 0 amide bonds. The van der Waals surface area contributed by atoms with Crippen LogP contribution in [0.25, 0.3) is 0 Å². The van der Waals surface area contributed by atoms with Crippen molar-refractivity contribution >= 4 is 41.0 Å². The number of amidine groups is 1. The number of anilines is 1. The molecule has 0 unspecified atom stereocenters. The summed E-state index contributed by atoms with van der Waals surface area (Å²) in [5, 5.41) is 0.206. The van der Waals surface area contributed by atoms with Crippen LogP contribution in [0.3, 0.4) is 0 Å². The molecule has 0 atom stereocenters. The van der Waals surface area contributed by atoms with Gasteiger partial charge < -0.3 is 14.7 Å². The molecular formula is C9H10ClN2O6PS. The molecule has 11 heteroatoms. The molecule has 20 heavy (non-hydrogen) atoms. The average Bonchev–Trinajstić information content (AvgIpc) is 2.27. The lowest BCUT2D eigenvalue weighted by Crippen LogP contribution is -2.35. The normalized spacial score (nSPS) is 17.6. The summed E-state index contributed by atoms with van der Waals surface area (Å²) in [5.41, 5.74) is 0.190. The van der Waals surface area contributed by atoms with Gasteiger partial charge in [-0.2, -0.15) is 8.42 Å². The van der Waals surface area contributed by atoms with Crippen LogP contribution in [-0.2, 0) is 19.1 Å². The van der Waals surface area contributed by atoms with E-state index in [1.807, 2.05) is 0 Å². The molecule has 0 bridgehead atoms. The van der Waals surface area contributed by atoms with Gasteiger partial charge in [0.2, 0.25) is 0 Å². The molecule has 0 saturated heterocycles. The fourth-order valence-corrected chi connectivity index (χ4v) is 3.43. The molecule has 0 radical (unpaired) electrons. The Bertz CT molecular complexity index is 728. The highest BCUT2D eigenvalue weighted by molar-refractivity contribution is 7.90. The largest absolute Gasteiger partial charge is 0.471 e. The molecule has 1 aromatic carbocycles. The van der Waals surface area contributed by atoms with Gasteiger partial charge in [0.25, 0.3) is 10.0 Å². The molecule has 8 nitrogen and oxygen atoms in total. The van der Waals surface area contributed by atoms with Crippen molar-refractivity contribution in [3.8, 4) is 0 Å². The Morgan fingerprint density at radius 1 is 1.45 bits per heavy atom. The molecule has 0 aromatic heterocycles. The van der Waals surface area contributed by atoms with Gasteiger partial charge in [-0.25, -0.2) is 4.57 Å². The van der Waals surface area contributed by atoms with Crippen LogP contribution in [0.15, 0.2) is 27.5 Å². The van der Waals surface area contributed by atoms with E-state index in [1.54, 1.807) is 0 Å². The average molecular weight is 341 g/mol. The van der Waals surface area contributed by atoms with Gasteiger partial charge in [0.15, 0.2) is 0 Å². The van der Waals surface area contributed by atoms with Gasteiger partial charge in [0.05, 0.1) is 5.69 Å². The summed E-state index contributed by atoms with van der Waals surface area (Å²) < 4.78 is 42.5. The van der Waals surface area contributed by atoms with Crippen LogP contribution in [0.2, 0.25) is 5.02 Å². The molecule has 1 aliphatic rings. The molecule has 0 saturated carbocycles. The van der Waals surface area contributed by atoms with Gasteiger partial charge in [-0.15, -0.1) is 4.40 Å². The second kappa shape index (κ2) is 5.10. The molecule has 1 aliphatic heterocycles. The first-order valence-corrected chi connectivity index (χ1v) is 8.54. The Kier molecular flexibility index (Phi) is 3.94. The van der Waals surface area contributed by atoms with Gasteiger partial charge in [-0.05, 0) is 25.1 Å². The van der Waals surface area contributed by atoms with Crippen LogP contribution in [0, 0.1) is 0 Å². The van der Waals surface area contributed by atoms with E-state index in [9.17, 15) is 13.0 Å². The Morgan fingerprint density at radius 3 is 2.70 bits per heavy atom. The number of phosphoric acid groups is 1. The van der Waals surface area contributed by atoms with E-state index in [2.05, 4.69) is 8.92 Å². The minimum absolute atomic E-state index is 0.0354. The number of halogens is 1. The van der Waals surface area contributed by atoms with E-state index in [0.29, 0.717) is 0 Å². The number of rotatable bonds is 3. The second-order valence-electron chi connectivity index (χ2n) is 3.90. The first-order chi connectivity index (χ1) is 9.10. The van der Waals surface area contributed by atoms with Crippen LogP contribution in [0.5, 0.6) is 0 Å². The zero-order chi connectivity index (χ0) is 15.1. The third-order valence-corrected chi connectivity index (χ3v) is 4.56. The van der Waals surface area contributed by atoms with Gasteiger partial charge in [-0.1, -0.05) is 11.6 Å². The summed E-state index contributed by atoms with van der Waals surface area (Å²) in [6, 6.07) is 4.09. The number of hydrogen-bond acceptors (Lipinski definition) is 5. The Morgan fingerprint density at radius 2 is 2.10 bits per heavy atom. The minimum atomic E-state index is -4.68. The van der Waals surface area contributed by atoms with Crippen molar-refractivity contribution in [1.82, 2.24) is 0 Å². The molecule has 0 aliphatic carbocycles. The highest BCUT2D eigenvalue weighted by Crippen LogP contribution is 2.38. The number of nitrogens with zero attached hydrogens (tertiary/aromatic N) is 2. The zero-order valence-corrected chi connectivity index (χ0v) is 12.6. The van der Waals surface area contributed by atoms with E-state index >= 15 is 0 Å². The fourth-order valence-electron chi connectivity index (χ4n) is 1.66. The number of benzene rings is 1. The predicted molar refractivity (Wildman–Crippen MR) is 72.2 cm³/mol. The molecule has 2 rings (SSSR count). The molecular weight excluding hydrogens is 331 g/mol. The maximum Gasteiger partial charge on any atom is 0.471 e. The molecule has 0 fully saturated rings. The van der Waals surface area contributed by atoms with E-state index in [0.717, 1.165) is 0 Å². The lowest BCUT2D eigenvalue weighted by molar-refractivity contribution is 0.202. The van der Waals surface area contributed by atoms with Gasteiger partial charge >= 0.3 is 7.82 Å². The van der Waals surface area contributed by atoms with Crippen molar-refractivity contribution in [1.29, 1.82) is 0 Å². The number of fused-ring (bicyclic) bond motifs is 1. The topological polar surface area (TPSA) is 116 Å². The van der Waals surface area contributed by atoms with E-state index < -0.39 is 24.6 Å². The van der Waals surface area contributed by atoms with Crippen LogP contribution >= 0.6 is 19.4 Å². The zero-order valence-electron chi connectivity index (χ0n) is 10.1. The third kappa shape index (κ3) is 3.20. The monoisotopic (exact) mass is 340 g/mol. The van der Waals surface area contributed by atoms with Crippen LogP contribution in [-0.4, -0.2) is 30.8 Å². The first-order valence-electron chi connectivity index (χ1n) is 5.19. The Balaban J connectivity index is 2.48. The smallest absolute Gasteiger partial charge is 0.303 e. The first kappa shape index (κ1) is 15.4. The third-order valence-electron chi connectivity index (χ3n) is 2.49. The lowest BCUT2D eigenvalue weighted by atomic mass is 10.3. The van der Waals surface area contributed by atoms with Crippen molar-refractivity contribution in [2.75, 3.05) is 11.6 Å². The molecule has 2 N–H and O–H groups in total. The molecule has 1 heterocycles. The maximum absolute atomic E-state index is 11.9. The number of phosphoric ester groups is 1. The van der Waals surface area contributed by atoms with E-state index in [4.69, 9.17) is 21.4 Å². The summed E-state index contributed by atoms with van der Waals surface area (Å²) in [6.45, 7) is 0.849. The van der Waals surface area contributed by atoms with Crippen molar-refractivity contribution in [3.63, 3.8) is 0 Å². The number of sulfonamides is 1. The van der Waals surface area contributed by atoms with Crippen LogP contribution in [0.4, 0.5) is 5.69 Å². The van der Waals surface area contributed by atoms with Crippen molar-refractivity contribution in [2.24, 2.45) is 4.40 Å². The second-order valence-corrected chi connectivity index (χ2v) is 7.15. The summed E-state index contributed by atoms with van der Waals surface area (Å²) in [7, 11) is -8.57. The molecule has 110 valence electrons. The van der Waals surface area contributed by atoms with Crippen LogP contribution in [0.1, 0.15) is 6.92 Å². The standard InChI is InChI=1S/C9H10ClN2O6PS/c1-6-11-20(16,17)9-4-7(10)2-3-8(9)12(6)5-18-19(13,14)15/h2-4H,5H2,1H3,(H2,13,14,15). The van der Waals surface area contributed by atoms with Crippen molar-refractivity contribution in [3.05, 3.63) is 23.2 Å². The SMILES string of the molecule is CC1=NS(=O)(=O)c2cc(Cl)ccc2N1COP(=O)(O)O. The predicted octanol–water partition coefficient (Wildman–Crippen LogP) is 1.33. The highest BCUT2D eigenvalue weighted by atomic mass is 35.5. The van der Waals surface area contributed by atoms with Gasteiger partial charge in [-0.3, -0.25) is 4.52 Å². The summed E-state index contributed by atoms with van der Waals surface area (Å²) in [4.78, 5) is 18.5. The van der Waals surface area contributed by atoms with Crippen molar-refractivity contribution < 1.29 is 27.3 Å². The fraction of sp³-hybridized carbons (Fsp3) is 0.222. The quantitative estimate of drug-likeness (QED) is 0.797. The summed E-state index contributed by atoms with van der Waals surface area (Å²) in [6.07, 6.45) is 0. The van der Waals surface area contributed by atoms with Gasteiger partial charge in [0, 0.05) is 5.02 Å². The Hall–Kier alpha value is -0.960. The van der Waals surface area contributed by atoms with Crippen molar-refractivity contribution in [2.45, 2.75) is 11.8 Å². The minimum Gasteiger partial charge on any atom is -0.303 e. The van der Waals surface area contributed by atoms with Crippen LogP contribution < -0.4 is 4.90 Å². The maximum atomic E-state index is 11.9. The molecule has 1 aromatic rings. The van der Waals surface area contributed by atoms with E-state index in [-0.39, 0.29) is 21.4 Å². The lowest BCUT2D eigenvalue weighted by Gasteiger charge is -2.28. The summed E-state index contributed by atoms with van der Waals surface area (Å²) in [5.74, 6) is 0.0354. The van der Waals surface area contributed by atoms with Gasteiger partial charge in [0.1, 0.15) is 17.5 Å². The highest BCUT2D eigenvalue weighted by Gasteiger charge is 2.30. The number of hydrogen-bond donors (Lipinski definition) is 2. The summed E-state index contributed by atoms with van der Waals surface area (Å²) >= 11 is 5.75. The van der Waals surface area contributed by atoms with E-state index in [1.165, 1.54) is 30.0 Å². The molecule has 0 spiro atoms.